The van der Waals surface area contributed by atoms with Crippen molar-refractivity contribution in [3.8, 4) is 5.75 Å². The minimum absolute atomic E-state index is 0.00644. The standard InChI is InChI=1S/C13H16NO4/c1-13(2,3)18-12(17)14(7-8-15)10-5-4-6-11(16)9-10/h4-6,9,16H,7H2,1-3H3. The molecule has 0 saturated heterocycles. The molecule has 1 rings (SSSR count). The number of aromatic hydroxyl groups is 1. The molecule has 0 bridgehead atoms. The second-order valence-corrected chi connectivity index (χ2v) is 4.73. The maximum absolute atomic E-state index is 11.9. The van der Waals surface area contributed by atoms with Crippen LogP contribution in [0, 0.1) is 0 Å². The SMILES string of the molecule is CC(C)(C)OC(=O)N(C[C]=O)c1cccc(O)c1. The number of phenols is 1. The van der Waals surface area contributed by atoms with Crippen LogP contribution >= 0.6 is 0 Å². The number of nitrogens with zero attached hydrogens (tertiary/aromatic N) is 1. The van der Waals surface area contributed by atoms with Gasteiger partial charge in [-0.05, 0) is 32.9 Å². The number of phenolic OH excluding ortho intramolecular Hbond substituents is 1. The highest BCUT2D eigenvalue weighted by Gasteiger charge is 2.23. The van der Waals surface area contributed by atoms with Crippen LogP contribution < -0.4 is 4.90 Å². The van der Waals surface area contributed by atoms with E-state index in [1.807, 2.05) is 0 Å². The molecule has 0 atom stereocenters. The Bertz CT molecular complexity index is 437. The maximum atomic E-state index is 11.9. The molecule has 0 heterocycles. The fourth-order valence-corrected chi connectivity index (χ4v) is 1.30. The van der Waals surface area contributed by atoms with E-state index in [1.165, 1.54) is 12.1 Å². The normalized spacial score (nSPS) is 10.8. The van der Waals surface area contributed by atoms with E-state index < -0.39 is 11.7 Å². The third kappa shape index (κ3) is 4.08. The number of anilines is 1. The molecule has 18 heavy (non-hydrogen) atoms. The van der Waals surface area contributed by atoms with Crippen LogP contribution in [0.1, 0.15) is 20.8 Å². The van der Waals surface area contributed by atoms with Crippen molar-refractivity contribution in [2.45, 2.75) is 26.4 Å². The molecule has 0 aliphatic carbocycles. The number of rotatable bonds is 3. The van der Waals surface area contributed by atoms with Crippen molar-refractivity contribution in [3.63, 3.8) is 0 Å². The highest BCUT2D eigenvalue weighted by Crippen LogP contribution is 2.21. The first-order valence-corrected chi connectivity index (χ1v) is 5.48. The van der Waals surface area contributed by atoms with Crippen LogP contribution in [-0.2, 0) is 9.53 Å². The highest BCUT2D eigenvalue weighted by molar-refractivity contribution is 5.91. The first kappa shape index (κ1) is 14.0. The van der Waals surface area contributed by atoms with E-state index in [0.717, 1.165) is 4.90 Å². The lowest BCUT2D eigenvalue weighted by atomic mass is 10.2. The number of amides is 1. The maximum Gasteiger partial charge on any atom is 0.415 e. The molecular formula is C13H16NO4. The molecule has 0 unspecified atom stereocenters. The first-order chi connectivity index (χ1) is 8.33. The average Bonchev–Trinajstić information content (AvgIpc) is 2.23. The number of benzene rings is 1. The van der Waals surface area contributed by atoms with Crippen molar-refractivity contribution >= 4 is 18.1 Å². The lowest BCUT2D eigenvalue weighted by Crippen LogP contribution is -2.37. The predicted molar refractivity (Wildman–Crippen MR) is 67.4 cm³/mol. The first-order valence-electron chi connectivity index (χ1n) is 5.48. The molecule has 0 aromatic heterocycles. The van der Waals surface area contributed by atoms with Crippen LogP contribution in [0.2, 0.25) is 0 Å². The Morgan fingerprint density at radius 2 is 2.11 bits per heavy atom. The molecule has 97 valence electrons. The summed E-state index contributed by atoms with van der Waals surface area (Å²) in [4.78, 5) is 23.5. The summed E-state index contributed by atoms with van der Waals surface area (Å²) >= 11 is 0. The molecule has 5 nitrogen and oxygen atoms in total. The second kappa shape index (κ2) is 5.53. The van der Waals surface area contributed by atoms with E-state index in [4.69, 9.17) is 4.74 Å². The van der Waals surface area contributed by atoms with Crippen molar-refractivity contribution in [1.82, 2.24) is 0 Å². The van der Waals surface area contributed by atoms with Gasteiger partial charge >= 0.3 is 6.09 Å². The molecule has 1 aromatic rings. The molecule has 1 radical (unpaired) electrons. The Kier molecular flexibility index (Phi) is 4.31. The number of hydrogen-bond acceptors (Lipinski definition) is 4. The number of carbonyl (C=O) groups is 1. The summed E-state index contributed by atoms with van der Waals surface area (Å²) in [6.45, 7) is 4.95. The largest absolute Gasteiger partial charge is 0.508 e. The minimum Gasteiger partial charge on any atom is -0.508 e. The molecule has 1 N–H and O–H groups in total. The summed E-state index contributed by atoms with van der Waals surface area (Å²) in [7, 11) is 0. The van der Waals surface area contributed by atoms with Gasteiger partial charge in [0, 0.05) is 6.07 Å². The molecule has 0 aliphatic rings. The van der Waals surface area contributed by atoms with E-state index in [-0.39, 0.29) is 12.3 Å². The van der Waals surface area contributed by atoms with Gasteiger partial charge in [0.15, 0.2) is 0 Å². The van der Waals surface area contributed by atoms with E-state index in [2.05, 4.69) is 0 Å². The highest BCUT2D eigenvalue weighted by atomic mass is 16.6. The van der Waals surface area contributed by atoms with Gasteiger partial charge in [-0.15, -0.1) is 0 Å². The predicted octanol–water partition coefficient (Wildman–Crippen LogP) is 2.24. The van der Waals surface area contributed by atoms with Gasteiger partial charge in [-0.3, -0.25) is 9.69 Å². The Hall–Kier alpha value is -2.04. The summed E-state index contributed by atoms with van der Waals surface area (Å²) in [6.07, 6.45) is 0.990. The topological polar surface area (TPSA) is 66.8 Å². The van der Waals surface area contributed by atoms with Crippen LogP contribution in [0.5, 0.6) is 5.75 Å². The zero-order valence-corrected chi connectivity index (χ0v) is 10.6. The van der Waals surface area contributed by atoms with E-state index in [0.29, 0.717) is 5.69 Å². The Labute approximate surface area is 106 Å². The Morgan fingerprint density at radius 1 is 1.44 bits per heavy atom. The molecule has 0 aliphatic heterocycles. The van der Waals surface area contributed by atoms with Gasteiger partial charge in [-0.2, -0.15) is 0 Å². The van der Waals surface area contributed by atoms with Crippen molar-refractivity contribution in [3.05, 3.63) is 24.3 Å². The molecule has 0 saturated carbocycles. The van der Waals surface area contributed by atoms with Gasteiger partial charge in [0.25, 0.3) is 0 Å². The van der Waals surface area contributed by atoms with Crippen LogP contribution in [0.3, 0.4) is 0 Å². The summed E-state index contributed by atoms with van der Waals surface area (Å²) in [5.74, 6) is 0.00644. The lowest BCUT2D eigenvalue weighted by Gasteiger charge is -2.26. The van der Waals surface area contributed by atoms with E-state index in [9.17, 15) is 14.7 Å². The fraction of sp³-hybridized carbons (Fsp3) is 0.385. The van der Waals surface area contributed by atoms with Crippen molar-refractivity contribution in [2.75, 3.05) is 11.4 Å². The molecular weight excluding hydrogens is 234 g/mol. The summed E-state index contributed by atoms with van der Waals surface area (Å²) in [6, 6.07) is 6.02. The van der Waals surface area contributed by atoms with E-state index >= 15 is 0 Å². The van der Waals surface area contributed by atoms with Gasteiger partial charge in [-0.25, -0.2) is 4.79 Å². The molecule has 1 amide bonds. The van der Waals surface area contributed by atoms with Crippen LogP contribution in [0.15, 0.2) is 24.3 Å². The van der Waals surface area contributed by atoms with Gasteiger partial charge in [0.1, 0.15) is 11.4 Å². The van der Waals surface area contributed by atoms with Crippen molar-refractivity contribution in [1.29, 1.82) is 0 Å². The third-order valence-corrected chi connectivity index (χ3v) is 1.98. The monoisotopic (exact) mass is 250 g/mol. The molecule has 0 spiro atoms. The molecule has 5 heteroatoms. The van der Waals surface area contributed by atoms with Crippen LogP contribution in [0.4, 0.5) is 10.5 Å². The molecule has 0 fully saturated rings. The fourth-order valence-electron chi connectivity index (χ4n) is 1.30. The Morgan fingerprint density at radius 3 is 2.61 bits per heavy atom. The number of hydrogen-bond donors (Lipinski definition) is 1. The average molecular weight is 250 g/mol. The van der Waals surface area contributed by atoms with Gasteiger partial charge in [-0.1, -0.05) is 6.07 Å². The third-order valence-electron chi connectivity index (χ3n) is 1.98. The summed E-state index contributed by atoms with van der Waals surface area (Å²) in [5.41, 5.74) is -0.276. The van der Waals surface area contributed by atoms with Crippen molar-refractivity contribution < 1.29 is 19.4 Å². The van der Waals surface area contributed by atoms with Gasteiger partial charge < -0.3 is 9.84 Å². The minimum atomic E-state index is -0.658. The zero-order valence-electron chi connectivity index (χ0n) is 10.6. The Balaban J connectivity index is 2.95. The summed E-state index contributed by atoms with van der Waals surface area (Å²) < 4.78 is 5.17. The summed E-state index contributed by atoms with van der Waals surface area (Å²) in [5, 5.41) is 9.37. The van der Waals surface area contributed by atoms with Crippen LogP contribution in [0.25, 0.3) is 0 Å². The van der Waals surface area contributed by atoms with Gasteiger partial charge in [0.05, 0.1) is 12.2 Å². The number of carbonyl (C=O) groups excluding carboxylic acids is 2. The van der Waals surface area contributed by atoms with Crippen molar-refractivity contribution in [2.24, 2.45) is 0 Å². The lowest BCUT2D eigenvalue weighted by molar-refractivity contribution is 0.0585. The zero-order chi connectivity index (χ0) is 13.8. The quantitative estimate of drug-likeness (QED) is 0.893. The smallest absolute Gasteiger partial charge is 0.415 e. The second-order valence-electron chi connectivity index (χ2n) is 4.73. The van der Waals surface area contributed by atoms with E-state index in [1.54, 1.807) is 39.2 Å². The number of ether oxygens (including phenoxy) is 1. The molecule has 1 aromatic carbocycles. The van der Waals surface area contributed by atoms with Gasteiger partial charge in [0.2, 0.25) is 6.29 Å². The van der Waals surface area contributed by atoms with Crippen LogP contribution in [-0.4, -0.2) is 29.6 Å².